The van der Waals surface area contributed by atoms with Crippen molar-refractivity contribution in [3.8, 4) is 0 Å². The highest BCUT2D eigenvalue weighted by Gasteiger charge is 2.47. The highest BCUT2D eigenvalue weighted by atomic mass is 16.2. The fourth-order valence-electron chi connectivity index (χ4n) is 3.03. The lowest BCUT2D eigenvalue weighted by Crippen LogP contribution is -2.47. The number of urea groups is 1. The molecule has 1 saturated heterocycles. The van der Waals surface area contributed by atoms with Crippen molar-refractivity contribution in [3.05, 3.63) is 18.2 Å². The number of imide groups is 1. The van der Waals surface area contributed by atoms with Crippen molar-refractivity contribution in [3.63, 3.8) is 0 Å². The zero-order chi connectivity index (χ0) is 16.6. The Labute approximate surface area is 134 Å². The molecule has 2 aliphatic heterocycles. The number of rotatable bonds is 4. The summed E-state index contributed by atoms with van der Waals surface area (Å²) in [6.45, 7) is 3.92. The predicted octanol–water partition coefficient (Wildman–Crippen LogP) is 0.0346. The van der Waals surface area contributed by atoms with Crippen LogP contribution < -0.4 is 10.6 Å². The van der Waals surface area contributed by atoms with Crippen LogP contribution in [0, 0.1) is 0 Å². The second-order valence-corrected chi connectivity index (χ2v) is 6.31. The number of aromatic nitrogens is 2. The molecule has 0 bridgehead atoms. The molecule has 2 atom stereocenters. The van der Waals surface area contributed by atoms with Gasteiger partial charge in [0.2, 0.25) is 5.91 Å². The smallest absolute Gasteiger partial charge is 0.325 e. The predicted molar refractivity (Wildman–Crippen MR) is 81.4 cm³/mol. The second-order valence-electron chi connectivity index (χ2n) is 6.31. The minimum atomic E-state index is -0.909. The lowest BCUT2D eigenvalue weighted by molar-refractivity contribution is -0.134. The van der Waals surface area contributed by atoms with E-state index in [2.05, 4.69) is 15.6 Å². The molecule has 3 heterocycles. The SMILES string of the molecule is CC[C@]1(C)NC(=O)N(CC(=O)N[C@@H]2CCc3nccn3C2)C1=O. The number of carbonyl (C=O) groups is 3. The number of carbonyl (C=O) groups excluding carboxylic acids is 3. The summed E-state index contributed by atoms with van der Waals surface area (Å²) in [4.78, 5) is 41.6. The number of hydrogen-bond acceptors (Lipinski definition) is 4. The van der Waals surface area contributed by atoms with Crippen LogP contribution in [0.15, 0.2) is 12.4 Å². The summed E-state index contributed by atoms with van der Waals surface area (Å²) < 4.78 is 2.01. The Hall–Kier alpha value is -2.38. The molecule has 4 amide bonds. The highest BCUT2D eigenvalue weighted by molar-refractivity contribution is 6.08. The Kier molecular flexibility index (Phi) is 3.83. The summed E-state index contributed by atoms with van der Waals surface area (Å²) >= 11 is 0. The fraction of sp³-hybridized carbons (Fsp3) is 0.600. The zero-order valence-electron chi connectivity index (χ0n) is 13.3. The van der Waals surface area contributed by atoms with Crippen LogP contribution in [0.25, 0.3) is 0 Å². The maximum atomic E-state index is 12.3. The summed E-state index contributed by atoms with van der Waals surface area (Å²) in [5.74, 6) is 0.353. The molecule has 1 aromatic rings. The van der Waals surface area contributed by atoms with Crippen LogP contribution >= 0.6 is 0 Å². The summed E-state index contributed by atoms with van der Waals surface area (Å²) in [6, 6.07) is -0.516. The van der Waals surface area contributed by atoms with Gasteiger partial charge in [0.15, 0.2) is 0 Å². The van der Waals surface area contributed by atoms with E-state index in [0.717, 1.165) is 23.6 Å². The Bertz CT molecular complexity index is 655. The van der Waals surface area contributed by atoms with Gasteiger partial charge in [-0.3, -0.25) is 14.5 Å². The normalized spacial score (nSPS) is 26.9. The molecule has 0 aliphatic carbocycles. The number of fused-ring (bicyclic) bond motifs is 1. The summed E-state index contributed by atoms with van der Waals surface area (Å²) in [6.07, 6.45) is 5.72. The quantitative estimate of drug-likeness (QED) is 0.766. The number of nitrogens with zero attached hydrogens (tertiary/aromatic N) is 3. The van der Waals surface area contributed by atoms with Gasteiger partial charge in [-0.05, 0) is 19.8 Å². The van der Waals surface area contributed by atoms with E-state index >= 15 is 0 Å². The molecule has 0 saturated carbocycles. The minimum Gasteiger partial charge on any atom is -0.350 e. The van der Waals surface area contributed by atoms with Crippen molar-refractivity contribution < 1.29 is 14.4 Å². The van der Waals surface area contributed by atoms with Gasteiger partial charge in [0.1, 0.15) is 17.9 Å². The average Bonchev–Trinajstić information content (AvgIpc) is 3.06. The molecule has 2 N–H and O–H groups in total. The van der Waals surface area contributed by atoms with Crippen LogP contribution in [0.3, 0.4) is 0 Å². The molecule has 0 aromatic carbocycles. The fourth-order valence-corrected chi connectivity index (χ4v) is 3.03. The molecule has 0 unspecified atom stereocenters. The van der Waals surface area contributed by atoms with E-state index in [0.29, 0.717) is 13.0 Å². The van der Waals surface area contributed by atoms with Gasteiger partial charge in [0.25, 0.3) is 5.91 Å². The molecule has 23 heavy (non-hydrogen) atoms. The lowest BCUT2D eigenvalue weighted by atomic mass is 9.99. The van der Waals surface area contributed by atoms with E-state index in [-0.39, 0.29) is 24.4 Å². The largest absolute Gasteiger partial charge is 0.350 e. The van der Waals surface area contributed by atoms with Crippen LogP contribution in [-0.2, 0) is 22.6 Å². The summed E-state index contributed by atoms with van der Waals surface area (Å²) in [5.41, 5.74) is -0.909. The van der Waals surface area contributed by atoms with Gasteiger partial charge >= 0.3 is 6.03 Å². The van der Waals surface area contributed by atoms with E-state index in [1.54, 1.807) is 13.1 Å². The van der Waals surface area contributed by atoms with E-state index in [1.807, 2.05) is 17.7 Å². The molecule has 2 aliphatic rings. The first-order valence-corrected chi connectivity index (χ1v) is 7.86. The molecule has 0 radical (unpaired) electrons. The first kappa shape index (κ1) is 15.5. The number of amides is 4. The van der Waals surface area contributed by atoms with E-state index in [4.69, 9.17) is 0 Å². The molecule has 8 nitrogen and oxygen atoms in total. The van der Waals surface area contributed by atoms with Crippen molar-refractivity contribution in [2.24, 2.45) is 0 Å². The minimum absolute atomic E-state index is 0.0116. The third kappa shape index (κ3) is 2.80. The zero-order valence-corrected chi connectivity index (χ0v) is 13.3. The molecule has 124 valence electrons. The molecular weight excluding hydrogens is 298 g/mol. The Morgan fingerprint density at radius 2 is 2.30 bits per heavy atom. The third-order valence-corrected chi connectivity index (χ3v) is 4.65. The first-order chi connectivity index (χ1) is 10.9. The Morgan fingerprint density at radius 1 is 1.52 bits per heavy atom. The van der Waals surface area contributed by atoms with Crippen LogP contribution in [0.2, 0.25) is 0 Å². The van der Waals surface area contributed by atoms with Gasteiger partial charge in [-0.15, -0.1) is 0 Å². The maximum Gasteiger partial charge on any atom is 0.325 e. The maximum absolute atomic E-state index is 12.3. The molecular formula is C15H21N5O3. The Balaban J connectivity index is 1.58. The number of hydrogen-bond donors (Lipinski definition) is 2. The average molecular weight is 319 g/mol. The van der Waals surface area contributed by atoms with Crippen molar-refractivity contribution in [2.75, 3.05) is 6.54 Å². The van der Waals surface area contributed by atoms with Gasteiger partial charge in [0.05, 0.1) is 0 Å². The van der Waals surface area contributed by atoms with Gasteiger partial charge in [0, 0.05) is 31.4 Å². The highest BCUT2D eigenvalue weighted by Crippen LogP contribution is 2.20. The molecule has 1 aromatic heterocycles. The topological polar surface area (TPSA) is 96.3 Å². The van der Waals surface area contributed by atoms with Gasteiger partial charge < -0.3 is 15.2 Å². The van der Waals surface area contributed by atoms with Crippen molar-refractivity contribution in [1.29, 1.82) is 0 Å². The first-order valence-electron chi connectivity index (χ1n) is 7.86. The third-order valence-electron chi connectivity index (χ3n) is 4.65. The lowest BCUT2D eigenvalue weighted by Gasteiger charge is -2.25. The van der Waals surface area contributed by atoms with Crippen molar-refractivity contribution in [1.82, 2.24) is 25.1 Å². The number of nitrogens with one attached hydrogen (secondary N) is 2. The molecule has 0 spiro atoms. The van der Waals surface area contributed by atoms with E-state index in [9.17, 15) is 14.4 Å². The number of aryl methyl sites for hydroxylation is 1. The summed E-state index contributed by atoms with van der Waals surface area (Å²) in [5, 5.41) is 5.54. The van der Waals surface area contributed by atoms with Crippen molar-refractivity contribution in [2.45, 2.75) is 51.2 Å². The van der Waals surface area contributed by atoms with Crippen LogP contribution in [0.1, 0.15) is 32.5 Å². The molecule has 1 fully saturated rings. The van der Waals surface area contributed by atoms with Crippen LogP contribution in [0.5, 0.6) is 0 Å². The van der Waals surface area contributed by atoms with Crippen LogP contribution in [-0.4, -0.2) is 50.4 Å². The Morgan fingerprint density at radius 3 is 3.00 bits per heavy atom. The second kappa shape index (κ2) is 5.68. The van der Waals surface area contributed by atoms with Gasteiger partial charge in [-0.1, -0.05) is 6.92 Å². The molecule has 8 heteroatoms. The van der Waals surface area contributed by atoms with E-state index in [1.165, 1.54) is 0 Å². The van der Waals surface area contributed by atoms with Crippen LogP contribution in [0.4, 0.5) is 4.79 Å². The number of imidazole rings is 1. The van der Waals surface area contributed by atoms with Gasteiger partial charge in [-0.2, -0.15) is 0 Å². The summed E-state index contributed by atoms with van der Waals surface area (Å²) in [7, 11) is 0. The standard InChI is InChI=1S/C15H21N5O3/c1-3-15(2)13(22)20(14(23)18-15)9-12(21)17-10-4-5-11-16-6-7-19(11)8-10/h6-7,10H,3-5,8-9H2,1-2H3,(H,17,21)(H,18,23)/t10-,15+/m1/s1. The monoisotopic (exact) mass is 319 g/mol. The van der Waals surface area contributed by atoms with Gasteiger partial charge in [-0.25, -0.2) is 9.78 Å². The van der Waals surface area contributed by atoms with Crippen molar-refractivity contribution >= 4 is 17.8 Å². The molecule has 3 rings (SSSR count). The van der Waals surface area contributed by atoms with E-state index < -0.39 is 11.6 Å².